The van der Waals surface area contributed by atoms with Gasteiger partial charge in [-0.05, 0) is 33.7 Å². The lowest BCUT2D eigenvalue weighted by Crippen LogP contribution is -1.88. The molecule has 0 aliphatic heterocycles. The van der Waals surface area contributed by atoms with E-state index in [0.717, 1.165) is 32.3 Å². The van der Waals surface area contributed by atoms with E-state index in [9.17, 15) is 0 Å². The van der Waals surface area contributed by atoms with Crippen molar-refractivity contribution in [3.8, 4) is 11.5 Å². The molecule has 0 amide bonds. The van der Waals surface area contributed by atoms with E-state index in [0.29, 0.717) is 22.7 Å². The van der Waals surface area contributed by atoms with Crippen LogP contribution in [0.5, 0.6) is 11.5 Å². The third kappa shape index (κ3) is 2.37. The van der Waals surface area contributed by atoms with Crippen molar-refractivity contribution >= 4 is 52.2 Å². The normalized spacial score (nSPS) is 11.3. The van der Waals surface area contributed by atoms with Gasteiger partial charge in [0.25, 0.3) is 0 Å². The summed E-state index contributed by atoms with van der Waals surface area (Å²) >= 11 is 0. The highest BCUT2D eigenvalue weighted by atomic mass is 31.1. The van der Waals surface area contributed by atoms with Gasteiger partial charge in [-0.15, -0.1) is 0 Å². The van der Waals surface area contributed by atoms with Crippen LogP contribution in [-0.2, 0) is 0 Å². The van der Waals surface area contributed by atoms with Crippen molar-refractivity contribution in [2.24, 2.45) is 0 Å². The van der Waals surface area contributed by atoms with Crippen molar-refractivity contribution in [3.63, 3.8) is 0 Å². The van der Waals surface area contributed by atoms with Crippen molar-refractivity contribution in [2.45, 2.75) is 0 Å². The molecule has 0 spiro atoms. The minimum atomic E-state index is -0.190. The Kier molecular flexibility index (Phi) is 3.73. The van der Waals surface area contributed by atoms with Crippen LogP contribution >= 0.6 is 8.67 Å². The van der Waals surface area contributed by atoms with E-state index in [-0.39, 0.29) is 8.67 Å². The van der Waals surface area contributed by atoms with Gasteiger partial charge in [-0.3, -0.25) is 0 Å². The van der Waals surface area contributed by atoms with Gasteiger partial charge < -0.3 is 17.9 Å². The average molecular weight is 376 g/mol. The maximum absolute atomic E-state index is 6.03. The lowest BCUT2D eigenvalue weighted by molar-refractivity contribution is 0.412. The fourth-order valence-electron chi connectivity index (χ4n) is 3.71. The standard InChI is InChI=1S/C22H17O4P/c1-23-17-11-13-7-3-5-9-15(13)19-20-16-10-6-4-8-14(16)12-18(24-2)22(20)26-27-25-21(17)19/h3-12,27H,1-2H3. The number of hydrogen-bond donors (Lipinski definition) is 0. The third-order valence-electron chi connectivity index (χ3n) is 4.91. The smallest absolute Gasteiger partial charge is 0.201 e. The van der Waals surface area contributed by atoms with Crippen LogP contribution in [0.2, 0.25) is 0 Å². The molecule has 5 heteroatoms. The molecular weight excluding hydrogens is 359 g/mol. The van der Waals surface area contributed by atoms with Crippen molar-refractivity contribution < 1.29 is 17.9 Å². The molecule has 5 rings (SSSR count). The molecule has 0 aliphatic rings. The van der Waals surface area contributed by atoms with Crippen LogP contribution < -0.4 is 9.47 Å². The quantitative estimate of drug-likeness (QED) is 0.346. The summed E-state index contributed by atoms with van der Waals surface area (Å²) in [6.07, 6.45) is 0. The van der Waals surface area contributed by atoms with E-state index in [1.807, 2.05) is 36.4 Å². The van der Waals surface area contributed by atoms with Gasteiger partial charge in [0.1, 0.15) is 0 Å². The molecule has 0 radical (unpaired) electrons. The number of methoxy groups -OCH3 is 2. The fraction of sp³-hybridized carbons (Fsp3) is 0.0909. The Bertz CT molecular complexity index is 1250. The van der Waals surface area contributed by atoms with Crippen LogP contribution in [0.15, 0.2) is 69.1 Å². The van der Waals surface area contributed by atoms with Crippen LogP contribution in [-0.4, -0.2) is 14.2 Å². The molecule has 0 aliphatic carbocycles. The average Bonchev–Trinajstić information content (AvgIpc) is 2.93. The highest BCUT2D eigenvalue weighted by molar-refractivity contribution is 7.15. The van der Waals surface area contributed by atoms with E-state index in [4.69, 9.17) is 17.9 Å². The van der Waals surface area contributed by atoms with Crippen LogP contribution in [0.1, 0.15) is 0 Å². The van der Waals surface area contributed by atoms with E-state index >= 15 is 0 Å². The van der Waals surface area contributed by atoms with E-state index < -0.39 is 0 Å². The minimum absolute atomic E-state index is 0.190. The summed E-state index contributed by atoms with van der Waals surface area (Å²) in [4.78, 5) is 0. The van der Waals surface area contributed by atoms with Crippen molar-refractivity contribution in [2.75, 3.05) is 14.2 Å². The van der Waals surface area contributed by atoms with Gasteiger partial charge in [-0.1, -0.05) is 48.5 Å². The number of ether oxygens (including phenoxy) is 2. The Labute approximate surface area is 156 Å². The number of rotatable bonds is 2. The van der Waals surface area contributed by atoms with Gasteiger partial charge >= 0.3 is 0 Å². The number of hydrogen-bond acceptors (Lipinski definition) is 4. The molecule has 0 bridgehead atoms. The van der Waals surface area contributed by atoms with E-state index in [2.05, 4.69) is 24.3 Å². The van der Waals surface area contributed by atoms with Gasteiger partial charge in [0.2, 0.25) is 8.67 Å². The van der Waals surface area contributed by atoms with Crippen molar-refractivity contribution in [1.82, 2.24) is 0 Å². The second-order valence-corrected chi connectivity index (χ2v) is 6.87. The third-order valence-corrected chi connectivity index (χ3v) is 5.49. The summed E-state index contributed by atoms with van der Waals surface area (Å²) in [7, 11) is 3.13. The summed E-state index contributed by atoms with van der Waals surface area (Å²) in [5, 5.41) is 6.28. The predicted octanol–water partition coefficient (Wildman–Crippen LogP) is 6.66. The van der Waals surface area contributed by atoms with Crippen LogP contribution in [0.4, 0.5) is 0 Å². The summed E-state index contributed by atoms with van der Waals surface area (Å²) in [6, 6.07) is 20.5. The SMILES string of the molecule is COc1cc2ccccc2c2c1o[pH]oc1c(OC)cc3ccccc3c12. The summed E-state index contributed by atoms with van der Waals surface area (Å²) in [6.45, 7) is 0. The molecule has 1 aromatic heterocycles. The zero-order valence-corrected chi connectivity index (χ0v) is 15.9. The Morgan fingerprint density at radius 2 is 1.11 bits per heavy atom. The largest absolute Gasteiger partial charge is 0.493 e. The summed E-state index contributed by atoms with van der Waals surface area (Å²) < 4.78 is 23.4. The second kappa shape index (κ2) is 6.26. The zero-order valence-electron chi connectivity index (χ0n) is 14.9. The molecule has 5 aromatic rings. The first kappa shape index (κ1) is 16.1. The Morgan fingerprint density at radius 1 is 0.667 bits per heavy atom. The van der Waals surface area contributed by atoms with Crippen molar-refractivity contribution in [1.29, 1.82) is 0 Å². The Balaban J connectivity index is 2.22. The Hall–Kier alpha value is -3.10. The number of fused-ring (bicyclic) bond motifs is 7. The van der Waals surface area contributed by atoms with Crippen LogP contribution in [0.25, 0.3) is 43.5 Å². The van der Waals surface area contributed by atoms with Crippen LogP contribution in [0.3, 0.4) is 0 Å². The minimum Gasteiger partial charge on any atom is -0.493 e. The predicted molar refractivity (Wildman–Crippen MR) is 111 cm³/mol. The first-order valence-corrected chi connectivity index (χ1v) is 9.42. The summed E-state index contributed by atoms with van der Waals surface area (Å²) in [5.41, 5.74) is 1.40. The first-order chi connectivity index (χ1) is 13.3. The molecular formula is C22H17O4P. The fourth-order valence-corrected chi connectivity index (χ4v) is 4.33. The lowest BCUT2D eigenvalue weighted by Gasteiger charge is -2.10. The topological polar surface area (TPSA) is 44.7 Å². The molecule has 27 heavy (non-hydrogen) atoms. The van der Waals surface area contributed by atoms with E-state index in [1.165, 1.54) is 0 Å². The molecule has 0 atom stereocenters. The highest BCUT2D eigenvalue weighted by Crippen LogP contribution is 2.43. The van der Waals surface area contributed by atoms with Crippen LogP contribution in [0, 0.1) is 0 Å². The number of benzene rings is 4. The molecule has 134 valence electrons. The van der Waals surface area contributed by atoms with E-state index in [1.54, 1.807) is 14.2 Å². The van der Waals surface area contributed by atoms with Crippen molar-refractivity contribution in [3.05, 3.63) is 60.7 Å². The second-order valence-electron chi connectivity index (χ2n) is 6.30. The van der Waals surface area contributed by atoms with Gasteiger partial charge in [0.15, 0.2) is 22.7 Å². The molecule has 0 saturated heterocycles. The molecule has 1 heterocycles. The van der Waals surface area contributed by atoms with Gasteiger partial charge in [0.05, 0.1) is 14.2 Å². The van der Waals surface area contributed by atoms with Gasteiger partial charge in [-0.2, -0.15) is 0 Å². The first-order valence-electron chi connectivity index (χ1n) is 8.60. The molecule has 0 unspecified atom stereocenters. The van der Waals surface area contributed by atoms with Gasteiger partial charge in [-0.25, -0.2) is 0 Å². The van der Waals surface area contributed by atoms with Gasteiger partial charge in [0, 0.05) is 10.8 Å². The molecule has 4 nitrogen and oxygen atoms in total. The molecule has 0 saturated carbocycles. The monoisotopic (exact) mass is 376 g/mol. The Morgan fingerprint density at radius 3 is 1.56 bits per heavy atom. The highest BCUT2D eigenvalue weighted by Gasteiger charge is 2.17. The summed E-state index contributed by atoms with van der Waals surface area (Å²) in [5.74, 6) is 1.39. The maximum atomic E-state index is 6.03. The lowest BCUT2D eigenvalue weighted by atomic mass is 9.98. The molecule has 0 N–H and O–H groups in total. The maximum Gasteiger partial charge on any atom is 0.201 e. The zero-order chi connectivity index (χ0) is 18.4. The molecule has 0 fully saturated rings. The molecule has 4 aromatic carbocycles.